The summed E-state index contributed by atoms with van der Waals surface area (Å²) in [5, 5.41) is 13.3. The minimum atomic E-state index is -4.74. The second kappa shape index (κ2) is 11.1. The first-order chi connectivity index (χ1) is 19.0. The molecule has 1 fully saturated rings. The van der Waals surface area contributed by atoms with Crippen molar-refractivity contribution in [2.45, 2.75) is 76.7 Å². The monoisotopic (exact) mass is 603 g/mol. The normalized spacial score (nSPS) is 18.2. The molecular formula is C26H30F5N5O4S. The number of carboxylic acid groups (broad SMARTS) is 1. The van der Waals surface area contributed by atoms with Crippen molar-refractivity contribution in [3.8, 4) is 11.4 Å². The molecular weight excluding hydrogens is 573 g/mol. The number of alkyl halides is 5. The SMILES string of the molecule is CC(C)(C)N(C(=O)O)[C@@H](CC(=O)N1CCc2c(nc(-c3ccsc3)nc2C(F)(F)F)C1)CN1CC(F)(F)CCC1=O. The summed E-state index contributed by atoms with van der Waals surface area (Å²) in [5.74, 6) is -4.45. The molecule has 0 spiro atoms. The topological polar surface area (TPSA) is 107 Å². The molecule has 15 heteroatoms. The highest BCUT2D eigenvalue weighted by Crippen LogP contribution is 2.36. The molecule has 0 aromatic carbocycles. The Morgan fingerprint density at radius 1 is 1.20 bits per heavy atom. The number of hydrogen-bond donors (Lipinski definition) is 1. The number of aromatic nitrogens is 2. The van der Waals surface area contributed by atoms with Crippen LogP contribution in [0.1, 0.15) is 57.0 Å². The minimum Gasteiger partial charge on any atom is -0.465 e. The van der Waals surface area contributed by atoms with Crippen molar-refractivity contribution in [2.75, 3.05) is 19.6 Å². The van der Waals surface area contributed by atoms with Gasteiger partial charge >= 0.3 is 12.3 Å². The summed E-state index contributed by atoms with van der Waals surface area (Å²) in [4.78, 5) is 49.4. The predicted molar refractivity (Wildman–Crippen MR) is 138 cm³/mol. The first-order valence-electron chi connectivity index (χ1n) is 12.9. The van der Waals surface area contributed by atoms with Gasteiger partial charge in [0, 0.05) is 54.4 Å². The summed E-state index contributed by atoms with van der Waals surface area (Å²) in [6, 6.07) is 0.401. The molecule has 0 unspecified atom stereocenters. The van der Waals surface area contributed by atoms with E-state index in [1.165, 1.54) is 16.2 Å². The summed E-state index contributed by atoms with van der Waals surface area (Å²) < 4.78 is 69.9. The molecule has 0 aliphatic carbocycles. The van der Waals surface area contributed by atoms with Gasteiger partial charge in [0.05, 0.1) is 24.8 Å². The third-order valence-electron chi connectivity index (χ3n) is 7.08. The van der Waals surface area contributed by atoms with Gasteiger partial charge in [-0.25, -0.2) is 23.5 Å². The molecule has 1 N–H and O–H groups in total. The lowest BCUT2D eigenvalue weighted by molar-refractivity contribution is -0.149. The van der Waals surface area contributed by atoms with Crippen LogP contribution in [0.15, 0.2) is 16.8 Å². The van der Waals surface area contributed by atoms with Crippen molar-refractivity contribution in [3.63, 3.8) is 0 Å². The number of halogens is 5. The number of carbonyl (C=O) groups excluding carboxylic acids is 2. The van der Waals surface area contributed by atoms with E-state index in [2.05, 4.69) is 9.97 Å². The molecule has 2 aliphatic rings. The third kappa shape index (κ3) is 6.93. The molecule has 2 aliphatic heterocycles. The summed E-state index contributed by atoms with van der Waals surface area (Å²) in [5.41, 5.74) is -1.81. The number of carbonyl (C=O) groups is 3. The molecule has 224 valence electrons. The Bertz CT molecular complexity index is 1310. The highest BCUT2D eigenvalue weighted by molar-refractivity contribution is 7.08. The van der Waals surface area contributed by atoms with Gasteiger partial charge in [-0.05, 0) is 38.6 Å². The van der Waals surface area contributed by atoms with Crippen LogP contribution in [0, 0.1) is 0 Å². The lowest BCUT2D eigenvalue weighted by atomic mass is 9.98. The van der Waals surface area contributed by atoms with E-state index < -0.39 is 79.6 Å². The van der Waals surface area contributed by atoms with Crippen molar-refractivity contribution in [3.05, 3.63) is 33.8 Å². The second-order valence-corrected chi connectivity index (χ2v) is 12.0. The quantitative estimate of drug-likeness (QED) is 0.471. The zero-order chi connectivity index (χ0) is 30.3. The molecule has 3 amide bonds. The van der Waals surface area contributed by atoms with Crippen LogP contribution in [-0.4, -0.2) is 84.8 Å². The van der Waals surface area contributed by atoms with E-state index >= 15 is 0 Å². The van der Waals surface area contributed by atoms with Gasteiger partial charge in [-0.3, -0.25) is 14.5 Å². The number of likely N-dealkylation sites (tertiary alicyclic amines) is 1. The van der Waals surface area contributed by atoms with E-state index in [9.17, 15) is 41.4 Å². The highest BCUT2D eigenvalue weighted by atomic mass is 32.1. The van der Waals surface area contributed by atoms with E-state index in [0.29, 0.717) is 5.56 Å². The van der Waals surface area contributed by atoms with Gasteiger partial charge in [0.15, 0.2) is 11.5 Å². The van der Waals surface area contributed by atoms with Crippen molar-refractivity contribution in [2.24, 2.45) is 0 Å². The molecule has 0 saturated carbocycles. The van der Waals surface area contributed by atoms with E-state index in [4.69, 9.17) is 0 Å². The maximum Gasteiger partial charge on any atom is 0.433 e. The molecule has 1 saturated heterocycles. The summed E-state index contributed by atoms with van der Waals surface area (Å²) in [7, 11) is 0. The van der Waals surface area contributed by atoms with Crippen LogP contribution in [0.25, 0.3) is 11.4 Å². The van der Waals surface area contributed by atoms with Crippen molar-refractivity contribution >= 4 is 29.2 Å². The summed E-state index contributed by atoms with van der Waals surface area (Å²) in [6.45, 7) is 3.02. The Morgan fingerprint density at radius 3 is 2.49 bits per heavy atom. The Morgan fingerprint density at radius 2 is 1.90 bits per heavy atom. The lowest BCUT2D eigenvalue weighted by Crippen LogP contribution is -2.58. The molecule has 4 rings (SSSR count). The highest BCUT2D eigenvalue weighted by Gasteiger charge is 2.44. The number of piperidine rings is 1. The van der Waals surface area contributed by atoms with Gasteiger partial charge in [-0.1, -0.05) is 0 Å². The van der Waals surface area contributed by atoms with Gasteiger partial charge in [0.25, 0.3) is 5.92 Å². The van der Waals surface area contributed by atoms with Gasteiger partial charge < -0.3 is 14.9 Å². The predicted octanol–water partition coefficient (Wildman–Crippen LogP) is 4.90. The van der Waals surface area contributed by atoms with Crippen molar-refractivity contribution < 1.29 is 41.4 Å². The number of amides is 3. The Labute approximate surface area is 237 Å². The average molecular weight is 604 g/mol. The molecule has 2 aromatic rings. The fourth-order valence-electron chi connectivity index (χ4n) is 5.27. The molecule has 0 radical (unpaired) electrons. The zero-order valence-corrected chi connectivity index (χ0v) is 23.5. The number of fused-ring (bicyclic) bond motifs is 1. The molecule has 0 bridgehead atoms. The molecule has 4 heterocycles. The molecule has 41 heavy (non-hydrogen) atoms. The van der Waals surface area contributed by atoms with Crippen molar-refractivity contribution in [1.82, 2.24) is 24.7 Å². The number of nitrogens with zero attached hydrogens (tertiary/aromatic N) is 5. The van der Waals surface area contributed by atoms with Crippen LogP contribution >= 0.6 is 11.3 Å². The smallest absolute Gasteiger partial charge is 0.433 e. The van der Waals surface area contributed by atoms with E-state index in [1.807, 2.05) is 0 Å². The molecule has 2 aromatic heterocycles. The van der Waals surface area contributed by atoms with Crippen LogP contribution in [0.3, 0.4) is 0 Å². The largest absolute Gasteiger partial charge is 0.465 e. The van der Waals surface area contributed by atoms with Crippen LogP contribution in [-0.2, 0) is 28.7 Å². The standard InChI is InChI=1S/C26H30F5N5O4S/c1-24(2,3)36(23(39)40)16(11-35-14-25(27,28)7-4-19(35)37)10-20(38)34-8-5-17-18(12-34)32-22(15-6-9-41-13-15)33-21(17)26(29,30)31/h6,9,13,16H,4-5,7-8,10-12,14H2,1-3H3,(H,39,40)/t16-/m0/s1. The maximum absolute atomic E-state index is 14.1. The number of thiophene rings is 1. The minimum absolute atomic E-state index is 0.0291. The van der Waals surface area contributed by atoms with Gasteiger partial charge in [-0.15, -0.1) is 0 Å². The third-order valence-corrected chi connectivity index (χ3v) is 7.76. The van der Waals surface area contributed by atoms with Crippen LogP contribution in [0.2, 0.25) is 0 Å². The Balaban J connectivity index is 1.62. The van der Waals surface area contributed by atoms with Gasteiger partial charge in [0.1, 0.15) is 0 Å². The van der Waals surface area contributed by atoms with Crippen LogP contribution in [0.5, 0.6) is 0 Å². The average Bonchev–Trinajstić information content (AvgIpc) is 3.38. The Kier molecular flexibility index (Phi) is 8.31. The van der Waals surface area contributed by atoms with Crippen molar-refractivity contribution in [1.29, 1.82) is 0 Å². The first-order valence-corrected chi connectivity index (χ1v) is 13.9. The number of hydrogen-bond acceptors (Lipinski definition) is 6. The van der Waals surface area contributed by atoms with Gasteiger partial charge in [0.2, 0.25) is 11.8 Å². The Hall–Kier alpha value is -3.36. The zero-order valence-electron chi connectivity index (χ0n) is 22.7. The number of rotatable bonds is 6. The fraction of sp³-hybridized carbons (Fsp3) is 0.577. The summed E-state index contributed by atoms with van der Waals surface area (Å²) in [6.07, 6.45) is -7.82. The summed E-state index contributed by atoms with van der Waals surface area (Å²) >= 11 is 1.27. The molecule has 1 atom stereocenters. The van der Waals surface area contributed by atoms with E-state index in [-0.39, 0.29) is 36.6 Å². The second-order valence-electron chi connectivity index (χ2n) is 11.2. The molecule has 9 nitrogen and oxygen atoms in total. The first kappa shape index (κ1) is 30.6. The van der Waals surface area contributed by atoms with Gasteiger partial charge in [-0.2, -0.15) is 24.5 Å². The van der Waals surface area contributed by atoms with Crippen LogP contribution < -0.4 is 0 Å². The maximum atomic E-state index is 14.1. The van der Waals surface area contributed by atoms with Crippen LogP contribution in [0.4, 0.5) is 26.7 Å². The van der Waals surface area contributed by atoms with E-state index in [1.54, 1.807) is 37.6 Å². The lowest BCUT2D eigenvalue weighted by Gasteiger charge is -2.43. The van der Waals surface area contributed by atoms with E-state index in [0.717, 1.165) is 9.80 Å². The fourth-order valence-corrected chi connectivity index (χ4v) is 5.91.